The summed E-state index contributed by atoms with van der Waals surface area (Å²) in [6.07, 6.45) is 1.76. The maximum Gasteiger partial charge on any atom is 0.224 e. The average Bonchev–Trinajstić information content (AvgIpc) is 2.34. The zero-order valence-electron chi connectivity index (χ0n) is 11.2. The Bertz CT molecular complexity index is 441. The second kappa shape index (κ2) is 6.79. The molecule has 98 valence electrons. The molecule has 0 aliphatic heterocycles. The summed E-state index contributed by atoms with van der Waals surface area (Å²) in [6, 6.07) is 5.49. The van der Waals surface area contributed by atoms with Crippen LogP contribution in [0.3, 0.4) is 0 Å². The van der Waals surface area contributed by atoms with Crippen LogP contribution in [0.1, 0.15) is 38.7 Å². The van der Waals surface area contributed by atoms with Crippen LogP contribution < -0.4 is 10.6 Å². The van der Waals surface area contributed by atoms with Gasteiger partial charge >= 0.3 is 0 Å². The van der Waals surface area contributed by atoms with Gasteiger partial charge < -0.3 is 10.6 Å². The number of anilines is 2. The van der Waals surface area contributed by atoms with Crippen molar-refractivity contribution in [1.82, 2.24) is 0 Å². The van der Waals surface area contributed by atoms with Crippen molar-refractivity contribution in [2.75, 3.05) is 10.6 Å². The lowest BCUT2D eigenvalue weighted by atomic mass is 10.1. The van der Waals surface area contributed by atoms with Crippen LogP contribution in [0.15, 0.2) is 18.2 Å². The Morgan fingerprint density at radius 2 is 1.61 bits per heavy atom. The van der Waals surface area contributed by atoms with E-state index in [2.05, 4.69) is 10.6 Å². The van der Waals surface area contributed by atoms with E-state index in [1.165, 1.54) is 0 Å². The molecule has 0 heterocycles. The van der Waals surface area contributed by atoms with Gasteiger partial charge in [-0.1, -0.05) is 19.9 Å². The Kier molecular flexibility index (Phi) is 5.36. The largest absolute Gasteiger partial charge is 0.326 e. The Morgan fingerprint density at radius 1 is 1.06 bits per heavy atom. The number of hydrogen-bond donors (Lipinski definition) is 2. The van der Waals surface area contributed by atoms with Crippen LogP contribution in [-0.4, -0.2) is 11.8 Å². The lowest BCUT2D eigenvalue weighted by molar-refractivity contribution is -0.116. The summed E-state index contributed by atoms with van der Waals surface area (Å²) in [5, 5.41) is 5.67. The van der Waals surface area contributed by atoms with Crippen LogP contribution in [0.2, 0.25) is 0 Å². The van der Waals surface area contributed by atoms with E-state index in [4.69, 9.17) is 0 Å². The molecule has 2 amide bonds. The first-order valence-corrected chi connectivity index (χ1v) is 6.27. The number of benzene rings is 1. The molecule has 0 atom stereocenters. The highest BCUT2D eigenvalue weighted by Crippen LogP contribution is 2.23. The molecule has 2 N–H and O–H groups in total. The maximum absolute atomic E-state index is 11.6. The molecular formula is C14H20N2O2. The van der Waals surface area contributed by atoms with Gasteiger partial charge in [0.15, 0.2) is 0 Å². The number of amides is 2. The summed E-state index contributed by atoms with van der Waals surface area (Å²) < 4.78 is 0. The van der Waals surface area contributed by atoms with Crippen molar-refractivity contribution >= 4 is 23.2 Å². The van der Waals surface area contributed by atoms with Gasteiger partial charge in [0.25, 0.3) is 0 Å². The van der Waals surface area contributed by atoms with E-state index in [9.17, 15) is 9.59 Å². The second-order valence-electron chi connectivity index (χ2n) is 4.18. The van der Waals surface area contributed by atoms with Gasteiger partial charge in [-0.05, 0) is 31.0 Å². The highest BCUT2D eigenvalue weighted by atomic mass is 16.2. The first kappa shape index (κ1) is 14.2. The predicted molar refractivity (Wildman–Crippen MR) is 73.6 cm³/mol. The van der Waals surface area contributed by atoms with Crippen molar-refractivity contribution < 1.29 is 9.59 Å². The van der Waals surface area contributed by atoms with Crippen LogP contribution in [0.5, 0.6) is 0 Å². The Morgan fingerprint density at radius 3 is 2.11 bits per heavy atom. The minimum Gasteiger partial charge on any atom is -0.326 e. The van der Waals surface area contributed by atoms with Crippen LogP contribution in [0.25, 0.3) is 0 Å². The normalized spacial score (nSPS) is 9.94. The van der Waals surface area contributed by atoms with Crippen molar-refractivity contribution in [3.05, 3.63) is 23.8 Å². The topological polar surface area (TPSA) is 58.2 Å². The van der Waals surface area contributed by atoms with Gasteiger partial charge in [0.2, 0.25) is 11.8 Å². The molecule has 0 aromatic heterocycles. The third kappa shape index (κ3) is 3.87. The third-order valence-electron chi connectivity index (χ3n) is 2.68. The number of carbonyl (C=O) groups is 2. The smallest absolute Gasteiger partial charge is 0.224 e. The summed E-state index contributed by atoms with van der Waals surface area (Å²) in [5.74, 6) is -0.0327. The van der Waals surface area contributed by atoms with E-state index in [0.29, 0.717) is 12.8 Å². The standard InChI is InChI=1S/C14H20N2O2/c1-4-7-14(18)16-12-9-6-8-11(10(12)3)15-13(17)5-2/h6,8-9H,4-5,7H2,1-3H3,(H,15,17)(H,16,18). The molecule has 0 bridgehead atoms. The zero-order valence-corrected chi connectivity index (χ0v) is 11.2. The lowest BCUT2D eigenvalue weighted by Crippen LogP contribution is -2.14. The molecule has 0 saturated heterocycles. The van der Waals surface area contributed by atoms with E-state index in [-0.39, 0.29) is 11.8 Å². The van der Waals surface area contributed by atoms with Crippen LogP contribution in [0.4, 0.5) is 11.4 Å². The molecule has 0 fully saturated rings. The van der Waals surface area contributed by atoms with Crippen LogP contribution in [-0.2, 0) is 9.59 Å². The SMILES string of the molecule is CCCC(=O)Nc1cccc(NC(=O)CC)c1C. The fraction of sp³-hybridized carbons (Fsp3) is 0.429. The molecule has 0 spiro atoms. The Hall–Kier alpha value is -1.84. The second-order valence-corrected chi connectivity index (χ2v) is 4.18. The van der Waals surface area contributed by atoms with E-state index in [1.807, 2.05) is 32.0 Å². The van der Waals surface area contributed by atoms with E-state index in [0.717, 1.165) is 23.4 Å². The highest BCUT2D eigenvalue weighted by molar-refractivity contribution is 5.95. The van der Waals surface area contributed by atoms with Gasteiger partial charge in [0.1, 0.15) is 0 Å². The number of hydrogen-bond acceptors (Lipinski definition) is 2. The summed E-state index contributed by atoms with van der Waals surface area (Å²) in [4.78, 5) is 22.9. The van der Waals surface area contributed by atoms with Crippen molar-refractivity contribution in [3.63, 3.8) is 0 Å². The molecule has 18 heavy (non-hydrogen) atoms. The monoisotopic (exact) mass is 248 g/mol. The molecule has 0 radical (unpaired) electrons. The van der Waals surface area contributed by atoms with Gasteiger partial charge in [-0.15, -0.1) is 0 Å². The molecule has 0 aliphatic rings. The fourth-order valence-electron chi connectivity index (χ4n) is 1.58. The number of rotatable bonds is 5. The molecule has 0 saturated carbocycles. The van der Waals surface area contributed by atoms with Gasteiger partial charge in [-0.3, -0.25) is 9.59 Å². The van der Waals surface area contributed by atoms with Crippen molar-refractivity contribution in [2.45, 2.75) is 40.0 Å². The van der Waals surface area contributed by atoms with Crippen molar-refractivity contribution in [2.24, 2.45) is 0 Å². The Balaban J connectivity index is 2.84. The summed E-state index contributed by atoms with van der Waals surface area (Å²) in [5.41, 5.74) is 2.38. The predicted octanol–water partition coefficient (Wildman–Crippen LogP) is 3.08. The Labute approximate surface area is 108 Å². The van der Waals surface area contributed by atoms with E-state index < -0.39 is 0 Å². The van der Waals surface area contributed by atoms with Crippen molar-refractivity contribution in [3.8, 4) is 0 Å². The van der Waals surface area contributed by atoms with Gasteiger partial charge in [-0.2, -0.15) is 0 Å². The quantitative estimate of drug-likeness (QED) is 0.841. The minimum atomic E-state index is -0.0323. The van der Waals surface area contributed by atoms with Gasteiger partial charge in [0, 0.05) is 24.2 Å². The van der Waals surface area contributed by atoms with Gasteiger partial charge in [-0.25, -0.2) is 0 Å². The first-order chi connectivity index (χ1) is 8.58. The van der Waals surface area contributed by atoms with E-state index >= 15 is 0 Å². The maximum atomic E-state index is 11.6. The third-order valence-corrected chi connectivity index (χ3v) is 2.68. The summed E-state index contributed by atoms with van der Waals surface area (Å²) >= 11 is 0. The van der Waals surface area contributed by atoms with Gasteiger partial charge in [0.05, 0.1) is 0 Å². The van der Waals surface area contributed by atoms with Crippen LogP contribution >= 0.6 is 0 Å². The number of nitrogens with one attached hydrogen (secondary N) is 2. The summed E-state index contributed by atoms with van der Waals surface area (Å²) in [6.45, 7) is 5.65. The minimum absolute atomic E-state index is 0.000400. The number of carbonyl (C=O) groups excluding carboxylic acids is 2. The summed E-state index contributed by atoms with van der Waals surface area (Å²) in [7, 11) is 0. The molecule has 1 aromatic carbocycles. The molecular weight excluding hydrogens is 228 g/mol. The molecule has 0 unspecified atom stereocenters. The van der Waals surface area contributed by atoms with Crippen molar-refractivity contribution in [1.29, 1.82) is 0 Å². The highest BCUT2D eigenvalue weighted by Gasteiger charge is 2.08. The molecule has 0 aliphatic carbocycles. The van der Waals surface area contributed by atoms with E-state index in [1.54, 1.807) is 6.92 Å². The average molecular weight is 248 g/mol. The zero-order chi connectivity index (χ0) is 13.5. The lowest BCUT2D eigenvalue weighted by Gasteiger charge is -2.13. The molecule has 4 nitrogen and oxygen atoms in total. The molecule has 1 aromatic rings. The van der Waals surface area contributed by atoms with Crippen LogP contribution in [0, 0.1) is 6.92 Å². The first-order valence-electron chi connectivity index (χ1n) is 6.27. The molecule has 4 heteroatoms. The molecule has 1 rings (SSSR count). The fourth-order valence-corrected chi connectivity index (χ4v) is 1.58.